The highest BCUT2D eigenvalue weighted by molar-refractivity contribution is 5.96. The van der Waals surface area contributed by atoms with Crippen LogP contribution in [0.15, 0.2) is 24.3 Å². The molecule has 0 radical (unpaired) electrons. The van der Waals surface area contributed by atoms with E-state index in [-0.39, 0.29) is 36.8 Å². The van der Waals surface area contributed by atoms with Gasteiger partial charge < -0.3 is 15.8 Å². The number of para-hydroxylation sites is 1. The van der Waals surface area contributed by atoms with Gasteiger partial charge in [-0.1, -0.05) is 12.1 Å². The van der Waals surface area contributed by atoms with E-state index in [0.717, 1.165) is 0 Å². The maximum Gasteiger partial charge on any atom is 0.387 e. The third-order valence-electron chi connectivity index (χ3n) is 1.78. The third-order valence-corrected chi connectivity index (χ3v) is 1.78. The Morgan fingerprint density at radius 2 is 2.06 bits per heavy atom. The molecule has 0 saturated heterocycles. The molecular weight excluding hydrogens is 254 g/mol. The van der Waals surface area contributed by atoms with Crippen LogP contribution in [0.3, 0.4) is 0 Å². The van der Waals surface area contributed by atoms with Crippen LogP contribution in [0.4, 0.5) is 8.78 Å². The molecule has 0 aliphatic carbocycles. The smallest absolute Gasteiger partial charge is 0.387 e. The second kappa shape index (κ2) is 7.81. The van der Waals surface area contributed by atoms with Crippen LogP contribution in [0.1, 0.15) is 10.4 Å². The van der Waals surface area contributed by atoms with E-state index >= 15 is 0 Å². The number of alkyl halides is 2. The van der Waals surface area contributed by atoms with E-state index in [0.29, 0.717) is 0 Å². The van der Waals surface area contributed by atoms with Crippen LogP contribution in [0.25, 0.3) is 0 Å². The van der Waals surface area contributed by atoms with E-state index in [1.165, 1.54) is 18.2 Å². The van der Waals surface area contributed by atoms with Gasteiger partial charge in [0.05, 0.1) is 5.56 Å². The molecule has 1 amide bonds. The van der Waals surface area contributed by atoms with Crippen molar-refractivity contribution in [3.63, 3.8) is 0 Å². The van der Waals surface area contributed by atoms with Crippen LogP contribution in [0.5, 0.6) is 5.75 Å². The van der Waals surface area contributed by atoms with Crippen LogP contribution in [-0.4, -0.2) is 25.6 Å². The van der Waals surface area contributed by atoms with Gasteiger partial charge in [0.1, 0.15) is 5.75 Å². The molecule has 0 aliphatic heterocycles. The molecule has 0 bridgehead atoms. The zero-order valence-electron chi connectivity index (χ0n) is 8.86. The van der Waals surface area contributed by atoms with E-state index in [1.807, 2.05) is 0 Å². The molecule has 3 N–H and O–H groups in total. The maximum atomic E-state index is 12.0. The fourth-order valence-corrected chi connectivity index (χ4v) is 1.13. The number of hydrogen-bond acceptors (Lipinski definition) is 3. The summed E-state index contributed by atoms with van der Waals surface area (Å²) in [4.78, 5) is 11.5. The number of rotatable bonds is 5. The zero-order chi connectivity index (χ0) is 12.0. The number of hydrogen-bond donors (Lipinski definition) is 2. The lowest BCUT2D eigenvalue weighted by molar-refractivity contribution is -0.0501. The molecule has 1 rings (SSSR count). The Hall–Kier alpha value is -1.40. The van der Waals surface area contributed by atoms with Crippen molar-refractivity contribution in [1.29, 1.82) is 0 Å². The second-order valence-electron chi connectivity index (χ2n) is 2.92. The Morgan fingerprint density at radius 3 is 2.65 bits per heavy atom. The molecule has 0 aromatic heterocycles. The molecule has 0 fully saturated rings. The Kier molecular flexibility index (Phi) is 7.16. The molecule has 17 heavy (non-hydrogen) atoms. The molecule has 4 nitrogen and oxygen atoms in total. The van der Waals surface area contributed by atoms with Gasteiger partial charge in [0.15, 0.2) is 0 Å². The quantitative estimate of drug-likeness (QED) is 0.847. The monoisotopic (exact) mass is 266 g/mol. The van der Waals surface area contributed by atoms with Gasteiger partial charge in [0.25, 0.3) is 5.91 Å². The number of carbonyl (C=O) groups is 1. The molecule has 0 atom stereocenters. The van der Waals surface area contributed by atoms with Gasteiger partial charge in [-0.3, -0.25) is 4.79 Å². The summed E-state index contributed by atoms with van der Waals surface area (Å²) in [5.41, 5.74) is 5.27. The van der Waals surface area contributed by atoms with Crippen molar-refractivity contribution in [3.8, 4) is 5.75 Å². The largest absolute Gasteiger partial charge is 0.434 e. The lowest BCUT2D eigenvalue weighted by Crippen LogP contribution is -2.29. The van der Waals surface area contributed by atoms with E-state index in [9.17, 15) is 13.6 Å². The predicted octanol–water partition coefficient (Wildman–Crippen LogP) is 1.40. The molecule has 0 unspecified atom stereocenters. The van der Waals surface area contributed by atoms with E-state index in [2.05, 4.69) is 10.1 Å². The van der Waals surface area contributed by atoms with Crippen molar-refractivity contribution < 1.29 is 18.3 Å². The average Bonchev–Trinajstić information content (AvgIpc) is 2.26. The molecule has 0 aliphatic rings. The van der Waals surface area contributed by atoms with Crippen molar-refractivity contribution in [3.05, 3.63) is 29.8 Å². The van der Waals surface area contributed by atoms with Crippen LogP contribution < -0.4 is 15.8 Å². The lowest BCUT2D eigenvalue weighted by atomic mass is 10.2. The summed E-state index contributed by atoms with van der Waals surface area (Å²) in [6.07, 6.45) is 0. The first-order chi connectivity index (χ1) is 7.65. The third kappa shape index (κ3) is 4.97. The normalized spacial score (nSPS) is 9.65. The van der Waals surface area contributed by atoms with Crippen LogP contribution in [0, 0.1) is 0 Å². The van der Waals surface area contributed by atoms with Gasteiger partial charge in [0, 0.05) is 13.1 Å². The SMILES string of the molecule is Cl.NCCNC(=O)c1ccccc1OC(F)F. The fourth-order valence-electron chi connectivity index (χ4n) is 1.13. The first kappa shape index (κ1) is 15.6. The molecule has 96 valence electrons. The van der Waals surface area contributed by atoms with Crippen LogP contribution >= 0.6 is 12.4 Å². The van der Waals surface area contributed by atoms with Crippen molar-refractivity contribution in [2.24, 2.45) is 5.73 Å². The van der Waals surface area contributed by atoms with Gasteiger partial charge in [-0.05, 0) is 12.1 Å². The van der Waals surface area contributed by atoms with Crippen molar-refractivity contribution >= 4 is 18.3 Å². The molecule has 1 aromatic carbocycles. The Balaban J connectivity index is 0.00000256. The van der Waals surface area contributed by atoms with Gasteiger partial charge in [-0.2, -0.15) is 8.78 Å². The first-order valence-corrected chi connectivity index (χ1v) is 4.67. The summed E-state index contributed by atoms with van der Waals surface area (Å²) < 4.78 is 28.3. The summed E-state index contributed by atoms with van der Waals surface area (Å²) >= 11 is 0. The molecule has 0 spiro atoms. The first-order valence-electron chi connectivity index (χ1n) is 4.67. The number of benzene rings is 1. The topological polar surface area (TPSA) is 64.3 Å². The van der Waals surface area contributed by atoms with Gasteiger partial charge >= 0.3 is 6.61 Å². The fraction of sp³-hybridized carbons (Fsp3) is 0.300. The maximum absolute atomic E-state index is 12.0. The molecule has 0 saturated carbocycles. The Labute approximate surface area is 104 Å². The van der Waals surface area contributed by atoms with Gasteiger partial charge in [-0.15, -0.1) is 12.4 Å². The summed E-state index contributed by atoms with van der Waals surface area (Å²) in [6, 6.07) is 5.79. The predicted molar refractivity (Wildman–Crippen MR) is 61.7 cm³/mol. The summed E-state index contributed by atoms with van der Waals surface area (Å²) in [6.45, 7) is -2.39. The zero-order valence-corrected chi connectivity index (χ0v) is 9.68. The molecule has 1 aromatic rings. The molecular formula is C10H13ClF2N2O2. The number of halogens is 3. The van der Waals surface area contributed by atoms with E-state index in [4.69, 9.17) is 5.73 Å². The standard InChI is InChI=1S/C10H12F2N2O2.ClH/c11-10(12)16-8-4-2-1-3-7(8)9(15)14-6-5-13;/h1-4,10H,5-6,13H2,(H,14,15);1H. The number of ether oxygens (including phenoxy) is 1. The van der Waals surface area contributed by atoms with Crippen molar-refractivity contribution in [2.45, 2.75) is 6.61 Å². The average molecular weight is 267 g/mol. The molecule has 0 heterocycles. The highest BCUT2D eigenvalue weighted by Crippen LogP contribution is 2.19. The Morgan fingerprint density at radius 1 is 1.41 bits per heavy atom. The number of carbonyl (C=O) groups excluding carboxylic acids is 1. The highest BCUT2D eigenvalue weighted by atomic mass is 35.5. The number of nitrogens with two attached hydrogens (primary N) is 1. The summed E-state index contributed by atoms with van der Waals surface area (Å²) in [5.74, 6) is -0.631. The summed E-state index contributed by atoms with van der Waals surface area (Å²) in [7, 11) is 0. The highest BCUT2D eigenvalue weighted by Gasteiger charge is 2.14. The van der Waals surface area contributed by atoms with Crippen molar-refractivity contribution in [1.82, 2.24) is 5.32 Å². The minimum atomic E-state index is -2.96. The Bertz CT molecular complexity index is 364. The van der Waals surface area contributed by atoms with Crippen LogP contribution in [-0.2, 0) is 0 Å². The minimum Gasteiger partial charge on any atom is -0.434 e. The number of amides is 1. The van der Waals surface area contributed by atoms with Crippen molar-refractivity contribution in [2.75, 3.05) is 13.1 Å². The van der Waals surface area contributed by atoms with E-state index in [1.54, 1.807) is 6.07 Å². The van der Waals surface area contributed by atoms with Crippen LogP contribution in [0.2, 0.25) is 0 Å². The summed E-state index contributed by atoms with van der Waals surface area (Å²) in [5, 5.41) is 2.47. The van der Waals surface area contributed by atoms with E-state index < -0.39 is 12.5 Å². The number of nitrogens with one attached hydrogen (secondary N) is 1. The minimum absolute atomic E-state index is 0. The molecule has 7 heteroatoms. The second-order valence-corrected chi connectivity index (χ2v) is 2.92. The lowest BCUT2D eigenvalue weighted by Gasteiger charge is -2.10. The van der Waals surface area contributed by atoms with Gasteiger partial charge in [-0.25, -0.2) is 0 Å². The van der Waals surface area contributed by atoms with Gasteiger partial charge in [0.2, 0.25) is 0 Å².